The number of allylic oxidation sites excluding steroid dienone is 2. The van der Waals surface area contributed by atoms with Crippen LogP contribution in [-0.2, 0) is 0 Å². The average molecular weight is 256 g/mol. The van der Waals surface area contributed by atoms with Crippen LogP contribution >= 0.6 is 7.26 Å². The molecule has 0 nitrogen and oxygen atoms in total. The Kier molecular flexibility index (Phi) is 11.0. The molecule has 0 bridgehead atoms. The maximum absolute atomic E-state index is 3.98. The van der Waals surface area contributed by atoms with E-state index in [-0.39, 0.29) is 0 Å². The van der Waals surface area contributed by atoms with Crippen molar-refractivity contribution in [3.63, 3.8) is 0 Å². The van der Waals surface area contributed by atoms with Crippen LogP contribution < -0.4 is 0 Å². The molecule has 0 aromatic rings. The average Bonchev–Trinajstić information content (AvgIpc) is 2.30. The van der Waals surface area contributed by atoms with Gasteiger partial charge in [-0.1, -0.05) is 0 Å². The van der Waals surface area contributed by atoms with Crippen molar-refractivity contribution in [2.24, 2.45) is 0 Å². The van der Waals surface area contributed by atoms with E-state index in [0.29, 0.717) is 0 Å². The maximum atomic E-state index is 3.98. The van der Waals surface area contributed by atoms with Crippen molar-refractivity contribution < 1.29 is 0 Å². The van der Waals surface area contributed by atoms with Crippen molar-refractivity contribution in [3.8, 4) is 0 Å². The van der Waals surface area contributed by atoms with E-state index in [1.165, 1.54) is 63.2 Å². The van der Waals surface area contributed by atoms with Crippen molar-refractivity contribution in [1.29, 1.82) is 0 Å². The Morgan fingerprint density at radius 3 is 1.47 bits per heavy atom. The minimum absolute atomic E-state index is 1.11. The Morgan fingerprint density at radius 2 is 1.18 bits per heavy atom. The van der Waals surface area contributed by atoms with Crippen molar-refractivity contribution in [1.82, 2.24) is 0 Å². The molecule has 0 aliphatic heterocycles. The molecule has 0 aromatic heterocycles. The predicted molar refractivity (Wildman–Crippen MR) is 87.2 cm³/mol. The van der Waals surface area contributed by atoms with Crippen LogP contribution in [0.4, 0.5) is 0 Å². The molecule has 1 heteroatoms. The standard InChI is InChI=1S/C16H33P/c1-5-9-11-15-17(13-7-3,14-8-4)16-12-10-6-2/h7-8,17H,3-6,9-16H2,1-2H3. The SMILES string of the molecule is C=CC[PH](CC=C)(CCCCC)CCCCC. The fraction of sp³-hybridized carbons (Fsp3) is 0.750. The molecule has 17 heavy (non-hydrogen) atoms. The van der Waals surface area contributed by atoms with Gasteiger partial charge in [0, 0.05) is 0 Å². The third-order valence-corrected chi connectivity index (χ3v) is 8.91. The number of rotatable bonds is 12. The summed E-state index contributed by atoms with van der Waals surface area (Å²) in [7, 11) is -1.11. The fourth-order valence-corrected chi connectivity index (χ4v) is 7.19. The van der Waals surface area contributed by atoms with Gasteiger partial charge in [0.15, 0.2) is 0 Å². The summed E-state index contributed by atoms with van der Waals surface area (Å²) in [6.45, 7) is 12.6. The van der Waals surface area contributed by atoms with Crippen molar-refractivity contribution in [3.05, 3.63) is 25.3 Å². The molecule has 0 fully saturated rings. The van der Waals surface area contributed by atoms with Crippen LogP contribution in [0.5, 0.6) is 0 Å². The van der Waals surface area contributed by atoms with Gasteiger partial charge in [-0.25, -0.2) is 0 Å². The van der Waals surface area contributed by atoms with Crippen molar-refractivity contribution in [2.45, 2.75) is 52.4 Å². The zero-order valence-electron chi connectivity index (χ0n) is 12.1. The van der Waals surface area contributed by atoms with Crippen LogP contribution in [0.3, 0.4) is 0 Å². The Balaban J connectivity index is 4.35. The minimum atomic E-state index is -1.11. The van der Waals surface area contributed by atoms with Crippen LogP contribution in [0.2, 0.25) is 0 Å². The van der Waals surface area contributed by atoms with Crippen LogP contribution in [-0.4, -0.2) is 24.6 Å². The Bertz CT molecular complexity index is 174. The zero-order chi connectivity index (χ0) is 13.0. The van der Waals surface area contributed by atoms with E-state index >= 15 is 0 Å². The molecule has 0 saturated carbocycles. The molecular formula is C16H33P. The van der Waals surface area contributed by atoms with Gasteiger partial charge in [0.25, 0.3) is 0 Å². The van der Waals surface area contributed by atoms with Crippen LogP contribution in [0.15, 0.2) is 25.3 Å². The molecule has 0 unspecified atom stereocenters. The molecule has 0 rings (SSSR count). The van der Waals surface area contributed by atoms with E-state index in [1.807, 2.05) is 0 Å². The van der Waals surface area contributed by atoms with Gasteiger partial charge in [0.2, 0.25) is 0 Å². The first-order valence-electron chi connectivity index (χ1n) is 7.46. The van der Waals surface area contributed by atoms with Gasteiger partial charge < -0.3 is 0 Å². The molecule has 0 spiro atoms. The molecule has 0 N–H and O–H groups in total. The molecule has 0 aliphatic rings. The normalized spacial score (nSPS) is 12.4. The van der Waals surface area contributed by atoms with Gasteiger partial charge in [0.1, 0.15) is 0 Å². The molecule has 0 amide bonds. The Morgan fingerprint density at radius 1 is 0.765 bits per heavy atom. The Hall–Kier alpha value is -0.0900. The molecule has 0 aliphatic carbocycles. The zero-order valence-corrected chi connectivity index (χ0v) is 13.1. The van der Waals surface area contributed by atoms with E-state index in [1.54, 1.807) is 0 Å². The van der Waals surface area contributed by atoms with Crippen LogP contribution in [0.1, 0.15) is 52.4 Å². The van der Waals surface area contributed by atoms with Crippen molar-refractivity contribution >= 4 is 7.26 Å². The van der Waals surface area contributed by atoms with Gasteiger partial charge in [-0.05, 0) is 0 Å². The van der Waals surface area contributed by atoms with Gasteiger partial charge in [0.05, 0.1) is 0 Å². The summed E-state index contributed by atoms with van der Waals surface area (Å²) in [4.78, 5) is 0. The van der Waals surface area contributed by atoms with Gasteiger partial charge in [-0.3, -0.25) is 0 Å². The third kappa shape index (κ3) is 7.77. The summed E-state index contributed by atoms with van der Waals surface area (Å²) >= 11 is 0. The summed E-state index contributed by atoms with van der Waals surface area (Å²) in [6.07, 6.45) is 18.2. The number of hydrogen-bond donors (Lipinski definition) is 0. The third-order valence-electron chi connectivity index (χ3n) is 3.78. The van der Waals surface area contributed by atoms with Crippen LogP contribution in [0.25, 0.3) is 0 Å². The summed E-state index contributed by atoms with van der Waals surface area (Å²) in [6, 6.07) is 0. The van der Waals surface area contributed by atoms with E-state index in [9.17, 15) is 0 Å². The first kappa shape index (κ1) is 16.9. The summed E-state index contributed by atoms with van der Waals surface area (Å²) in [5, 5.41) is 0. The molecular weight excluding hydrogens is 223 g/mol. The second-order valence-electron chi connectivity index (χ2n) is 5.40. The second kappa shape index (κ2) is 11.0. The van der Waals surface area contributed by atoms with E-state index in [0.717, 1.165) is 0 Å². The van der Waals surface area contributed by atoms with Crippen LogP contribution in [0, 0.1) is 0 Å². The fourth-order valence-electron chi connectivity index (χ4n) is 2.73. The van der Waals surface area contributed by atoms with Gasteiger partial charge in [-0.2, -0.15) is 0 Å². The summed E-state index contributed by atoms with van der Waals surface area (Å²) < 4.78 is 0. The second-order valence-corrected chi connectivity index (χ2v) is 10.2. The molecule has 0 radical (unpaired) electrons. The first-order valence-corrected chi connectivity index (χ1v) is 10.3. The monoisotopic (exact) mass is 256 g/mol. The molecule has 0 saturated heterocycles. The Labute approximate surface area is 110 Å². The summed E-state index contributed by atoms with van der Waals surface area (Å²) in [5.74, 6) is 0. The predicted octanol–water partition coefficient (Wildman–Crippen LogP) is 5.49. The quantitative estimate of drug-likeness (QED) is 0.246. The molecule has 0 heterocycles. The first-order chi connectivity index (χ1) is 8.24. The van der Waals surface area contributed by atoms with E-state index < -0.39 is 7.26 Å². The van der Waals surface area contributed by atoms with Crippen molar-refractivity contribution in [2.75, 3.05) is 24.6 Å². The molecule has 102 valence electrons. The summed E-state index contributed by atoms with van der Waals surface area (Å²) in [5.41, 5.74) is 0. The van der Waals surface area contributed by atoms with E-state index in [2.05, 4.69) is 39.2 Å². The van der Waals surface area contributed by atoms with Gasteiger partial charge >= 0.3 is 110 Å². The number of hydrogen-bond acceptors (Lipinski definition) is 0. The van der Waals surface area contributed by atoms with E-state index in [4.69, 9.17) is 0 Å². The molecule has 0 aromatic carbocycles. The molecule has 0 atom stereocenters. The topological polar surface area (TPSA) is 0 Å². The number of unbranched alkanes of at least 4 members (excludes halogenated alkanes) is 4. The van der Waals surface area contributed by atoms with Gasteiger partial charge in [-0.15, -0.1) is 0 Å².